The van der Waals surface area contributed by atoms with Crippen LogP contribution in [-0.4, -0.2) is 28.5 Å². The standard InChI is InChI=1S/C14H16N2O3/c1-9-3-2-4-11-10(7-16-14(9)11)5-6-12(17)15-8-13(18)19/h2-4,7,16H,5-6,8H2,1H3,(H,15,17)(H,18,19). The molecule has 1 aromatic carbocycles. The van der Waals surface area contributed by atoms with Crippen molar-refractivity contribution < 1.29 is 14.7 Å². The number of hydrogen-bond donors (Lipinski definition) is 3. The van der Waals surface area contributed by atoms with Gasteiger partial charge in [0.1, 0.15) is 6.54 Å². The Morgan fingerprint density at radius 3 is 2.89 bits per heavy atom. The predicted octanol–water partition coefficient (Wildman–Crippen LogP) is 1.61. The number of carbonyl (C=O) groups excluding carboxylic acids is 1. The van der Waals surface area contributed by atoms with Crippen LogP contribution in [0.25, 0.3) is 10.9 Å². The molecule has 0 atom stereocenters. The summed E-state index contributed by atoms with van der Waals surface area (Å²) < 4.78 is 0. The van der Waals surface area contributed by atoms with E-state index in [9.17, 15) is 9.59 Å². The molecule has 1 aromatic heterocycles. The van der Waals surface area contributed by atoms with Crippen molar-refractivity contribution in [3.63, 3.8) is 0 Å². The number of carboxylic acids is 1. The molecule has 0 aliphatic heterocycles. The van der Waals surface area contributed by atoms with Crippen molar-refractivity contribution >= 4 is 22.8 Å². The number of aryl methyl sites for hydroxylation is 2. The summed E-state index contributed by atoms with van der Waals surface area (Å²) in [6.07, 6.45) is 2.78. The molecular weight excluding hydrogens is 244 g/mol. The SMILES string of the molecule is Cc1cccc2c(CCC(=O)NCC(=O)O)c[nH]c12. The van der Waals surface area contributed by atoms with Gasteiger partial charge in [0, 0.05) is 23.5 Å². The molecule has 2 rings (SSSR count). The number of aromatic amines is 1. The molecule has 0 radical (unpaired) electrons. The van der Waals surface area contributed by atoms with Crippen molar-refractivity contribution in [1.82, 2.24) is 10.3 Å². The van der Waals surface area contributed by atoms with E-state index in [1.807, 2.05) is 31.3 Å². The van der Waals surface area contributed by atoms with E-state index < -0.39 is 5.97 Å². The molecule has 0 unspecified atom stereocenters. The fourth-order valence-electron chi connectivity index (χ4n) is 2.08. The number of aromatic nitrogens is 1. The van der Waals surface area contributed by atoms with E-state index in [1.54, 1.807) is 0 Å². The quantitative estimate of drug-likeness (QED) is 0.763. The lowest BCUT2D eigenvalue weighted by Crippen LogP contribution is -2.29. The zero-order chi connectivity index (χ0) is 13.8. The summed E-state index contributed by atoms with van der Waals surface area (Å²) in [7, 11) is 0. The highest BCUT2D eigenvalue weighted by Gasteiger charge is 2.08. The molecule has 5 nitrogen and oxygen atoms in total. The Balaban J connectivity index is 2.00. The van der Waals surface area contributed by atoms with Gasteiger partial charge in [-0.25, -0.2) is 0 Å². The Bertz CT molecular complexity index is 616. The summed E-state index contributed by atoms with van der Waals surface area (Å²) in [5, 5.41) is 11.9. The van der Waals surface area contributed by atoms with Gasteiger partial charge in [-0.3, -0.25) is 9.59 Å². The number of hydrogen-bond acceptors (Lipinski definition) is 2. The van der Waals surface area contributed by atoms with Crippen LogP contribution in [0.3, 0.4) is 0 Å². The van der Waals surface area contributed by atoms with E-state index in [0.29, 0.717) is 6.42 Å². The van der Waals surface area contributed by atoms with Crippen LogP contribution in [0, 0.1) is 6.92 Å². The molecule has 3 N–H and O–H groups in total. The van der Waals surface area contributed by atoms with Crippen molar-refractivity contribution in [3.05, 3.63) is 35.5 Å². The Hall–Kier alpha value is -2.30. The first kappa shape index (κ1) is 13.1. The van der Waals surface area contributed by atoms with E-state index in [1.165, 1.54) is 5.56 Å². The van der Waals surface area contributed by atoms with Gasteiger partial charge in [0.05, 0.1) is 0 Å². The maximum absolute atomic E-state index is 11.5. The molecule has 1 amide bonds. The number of para-hydroxylation sites is 1. The van der Waals surface area contributed by atoms with Crippen LogP contribution in [0.4, 0.5) is 0 Å². The molecule has 2 aromatic rings. The number of H-pyrrole nitrogens is 1. The van der Waals surface area contributed by atoms with Crippen LogP contribution >= 0.6 is 0 Å². The maximum atomic E-state index is 11.5. The second-order valence-corrected chi connectivity index (χ2v) is 4.48. The lowest BCUT2D eigenvalue weighted by molar-refractivity contribution is -0.137. The van der Waals surface area contributed by atoms with Crippen molar-refractivity contribution in [1.29, 1.82) is 0 Å². The summed E-state index contributed by atoms with van der Waals surface area (Å²) in [5.41, 5.74) is 3.33. The van der Waals surface area contributed by atoms with E-state index in [2.05, 4.69) is 10.3 Å². The monoisotopic (exact) mass is 260 g/mol. The normalized spacial score (nSPS) is 10.6. The Morgan fingerprint density at radius 1 is 1.37 bits per heavy atom. The number of fused-ring (bicyclic) bond motifs is 1. The smallest absolute Gasteiger partial charge is 0.322 e. The van der Waals surface area contributed by atoms with Crippen LogP contribution < -0.4 is 5.32 Å². The van der Waals surface area contributed by atoms with Gasteiger partial charge >= 0.3 is 5.97 Å². The number of benzene rings is 1. The van der Waals surface area contributed by atoms with Gasteiger partial charge in [0.2, 0.25) is 5.91 Å². The van der Waals surface area contributed by atoms with Crippen molar-refractivity contribution in [2.75, 3.05) is 6.54 Å². The minimum Gasteiger partial charge on any atom is -0.480 e. The summed E-state index contributed by atoms with van der Waals surface area (Å²) in [4.78, 5) is 25.0. The second-order valence-electron chi connectivity index (χ2n) is 4.48. The van der Waals surface area contributed by atoms with Crippen molar-refractivity contribution in [3.8, 4) is 0 Å². The molecule has 0 aliphatic carbocycles. The summed E-state index contributed by atoms with van der Waals surface area (Å²) in [5.74, 6) is -1.28. The van der Waals surface area contributed by atoms with E-state index in [-0.39, 0.29) is 18.9 Å². The van der Waals surface area contributed by atoms with Gasteiger partial charge < -0.3 is 15.4 Å². The lowest BCUT2D eigenvalue weighted by Gasteiger charge is -2.02. The zero-order valence-electron chi connectivity index (χ0n) is 10.7. The molecule has 0 saturated carbocycles. The molecule has 0 fully saturated rings. The van der Waals surface area contributed by atoms with Crippen LogP contribution in [0.15, 0.2) is 24.4 Å². The van der Waals surface area contributed by atoms with E-state index in [0.717, 1.165) is 16.5 Å². The second kappa shape index (κ2) is 5.56. The molecule has 0 saturated heterocycles. The van der Waals surface area contributed by atoms with Gasteiger partial charge in [-0.05, 0) is 24.5 Å². The van der Waals surface area contributed by atoms with Gasteiger partial charge in [-0.15, -0.1) is 0 Å². The average molecular weight is 260 g/mol. The Morgan fingerprint density at radius 2 is 2.16 bits per heavy atom. The third-order valence-electron chi connectivity index (χ3n) is 3.07. The summed E-state index contributed by atoms with van der Waals surface area (Å²) in [6.45, 7) is 1.70. The minimum absolute atomic E-state index is 0.246. The first-order chi connectivity index (χ1) is 9.08. The van der Waals surface area contributed by atoms with Crippen molar-refractivity contribution in [2.45, 2.75) is 19.8 Å². The van der Waals surface area contributed by atoms with Crippen LogP contribution in [0.5, 0.6) is 0 Å². The number of carbonyl (C=O) groups is 2. The molecule has 5 heteroatoms. The number of rotatable bonds is 5. The highest BCUT2D eigenvalue weighted by molar-refractivity contribution is 5.87. The third kappa shape index (κ3) is 3.13. The summed E-state index contributed by atoms with van der Waals surface area (Å²) >= 11 is 0. The zero-order valence-corrected chi connectivity index (χ0v) is 10.7. The third-order valence-corrected chi connectivity index (χ3v) is 3.07. The predicted molar refractivity (Wildman–Crippen MR) is 72.0 cm³/mol. The first-order valence-corrected chi connectivity index (χ1v) is 6.12. The fraction of sp³-hybridized carbons (Fsp3) is 0.286. The largest absolute Gasteiger partial charge is 0.480 e. The molecular formula is C14H16N2O3. The van der Waals surface area contributed by atoms with Crippen molar-refractivity contribution in [2.24, 2.45) is 0 Å². The minimum atomic E-state index is -1.03. The number of carboxylic acid groups (broad SMARTS) is 1. The fourth-order valence-corrected chi connectivity index (χ4v) is 2.08. The van der Waals surface area contributed by atoms with E-state index in [4.69, 9.17) is 5.11 Å². The van der Waals surface area contributed by atoms with Crippen LogP contribution in [-0.2, 0) is 16.0 Å². The number of amides is 1. The first-order valence-electron chi connectivity index (χ1n) is 6.12. The number of aliphatic carboxylic acids is 1. The topological polar surface area (TPSA) is 82.2 Å². The maximum Gasteiger partial charge on any atom is 0.322 e. The van der Waals surface area contributed by atoms with Crippen LogP contribution in [0.2, 0.25) is 0 Å². The van der Waals surface area contributed by atoms with Gasteiger partial charge in [-0.2, -0.15) is 0 Å². The van der Waals surface area contributed by atoms with E-state index >= 15 is 0 Å². The molecule has 1 heterocycles. The highest BCUT2D eigenvalue weighted by atomic mass is 16.4. The molecule has 19 heavy (non-hydrogen) atoms. The summed E-state index contributed by atoms with van der Waals surface area (Å²) in [6, 6.07) is 6.03. The number of nitrogens with one attached hydrogen (secondary N) is 2. The van der Waals surface area contributed by atoms with Crippen LogP contribution in [0.1, 0.15) is 17.5 Å². The van der Waals surface area contributed by atoms with Gasteiger partial charge in [0.15, 0.2) is 0 Å². The molecule has 0 spiro atoms. The Labute approximate surface area is 110 Å². The molecule has 100 valence electrons. The Kier molecular flexibility index (Phi) is 3.85. The molecule has 0 bridgehead atoms. The molecule has 0 aliphatic rings. The van der Waals surface area contributed by atoms with Gasteiger partial charge in [-0.1, -0.05) is 18.2 Å². The lowest BCUT2D eigenvalue weighted by atomic mass is 10.1. The average Bonchev–Trinajstić information content (AvgIpc) is 2.78. The van der Waals surface area contributed by atoms with Gasteiger partial charge in [0.25, 0.3) is 0 Å². The highest BCUT2D eigenvalue weighted by Crippen LogP contribution is 2.22.